The first kappa shape index (κ1) is 11.8. The number of hydrogen-bond donors (Lipinski definition) is 0. The summed E-state index contributed by atoms with van der Waals surface area (Å²) in [4.78, 5) is 22.0. The molecule has 1 aliphatic rings. The van der Waals surface area contributed by atoms with Crippen LogP contribution in [0.4, 0.5) is 0 Å². The van der Waals surface area contributed by atoms with Gasteiger partial charge in [-0.3, -0.25) is 0 Å². The summed E-state index contributed by atoms with van der Waals surface area (Å²) in [6.07, 6.45) is 2.17. The van der Waals surface area contributed by atoms with E-state index in [0.29, 0.717) is 6.04 Å². The Hall–Kier alpha value is -1.16. The number of rotatable bonds is 1. The molecule has 4 heteroatoms. The lowest BCUT2D eigenvalue weighted by molar-refractivity contribution is -0.150. The van der Waals surface area contributed by atoms with Gasteiger partial charge >= 0.3 is 11.9 Å². The molecule has 0 N–H and O–H groups in total. The molecule has 0 unspecified atom stereocenters. The zero-order valence-corrected chi connectivity index (χ0v) is 8.40. The fourth-order valence-corrected chi connectivity index (χ4v) is 0.303. The van der Waals surface area contributed by atoms with Crippen molar-refractivity contribution in [1.82, 2.24) is 4.90 Å². The van der Waals surface area contributed by atoms with Gasteiger partial charge in [0, 0.05) is 18.2 Å². The lowest BCUT2D eigenvalue weighted by Crippen LogP contribution is -2.20. The summed E-state index contributed by atoms with van der Waals surface area (Å²) in [6.45, 7) is 4.33. The Labute approximate surface area is 78.2 Å². The molecule has 1 heterocycles. The van der Waals surface area contributed by atoms with Crippen LogP contribution in [0, 0.1) is 0 Å². The highest BCUT2D eigenvalue weighted by atomic mass is 16.6. The van der Waals surface area contributed by atoms with Crippen molar-refractivity contribution >= 4 is 11.9 Å². The molecule has 0 radical (unpaired) electrons. The van der Waals surface area contributed by atoms with Gasteiger partial charge in [-0.15, -0.1) is 0 Å². The molecular weight excluding hydrogens is 170 g/mol. The standard InChI is InChI=1S/C5H13N.C4H2O3/c1-5(2)6(3)4;5-3-1-2-4(6)7-3/h5H,1-4H3;1-2H. The molecular formula is C9H15NO3. The third-order valence-electron chi connectivity index (χ3n) is 1.59. The molecule has 0 bridgehead atoms. The van der Waals surface area contributed by atoms with Crippen molar-refractivity contribution in [2.75, 3.05) is 14.1 Å². The van der Waals surface area contributed by atoms with Gasteiger partial charge in [-0.25, -0.2) is 9.59 Å². The van der Waals surface area contributed by atoms with Crippen molar-refractivity contribution < 1.29 is 14.3 Å². The molecule has 0 aromatic carbocycles. The number of ether oxygens (including phenoxy) is 1. The summed E-state index contributed by atoms with van der Waals surface area (Å²) >= 11 is 0. The maximum atomic E-state index is 9.92. The highest BCUT2D eigenvalue weighted by molar-refractivity contribution is 6.04. The minimum absolute atomic E-state index is 0.579. The third-order valence-corrected chi connectivity index (χ3v) is 1.59. The maximum Gasteiger partial charge on any atom is 0.338 e. The third kappa shape index (κ3) is 6.04. The zero-order valence-electron chi connectivity index (χ0n) is 8.40. The van der Waals surface area contributed by atoms with E-state index in [0.717, 1.165) is 12.2 Å². The van der Waals surface area contributed by atoms with E-state index < -0.39 is 11.9 Å². The number of nitrogens with zero attached hydrogens (tertiary/aromatic N) is 1. The van der Waals surface area contributed by atoms with Crippen LogP contribution in [0.1, 0.15) is 13.8 Å². The van der Waals surface area contributed by atoms with Crippen LogP contribution in [-0.2, 0) is 14.3 Å². The first-order valence-corrected chi connectivity index (χ1v) is 4.03. The van der Waals surface area contributed by atoms with Gasteiger partial charge in [0.1, 0.15) is 0 Å². The van der Waals surface area contributed by atoms with Gasteiger partial charge in [0.2, 0.25) is 0 Å². The predicted octanol–water partition coefficient (Wildman–Crippen LogP) is 0.582. The summed E-state index contributed by atoms with van der Waals surface area (Å²) < 4.78 is 3.97. The minimum Gasteiger partial charge on any atom is -0.387 e. The number of hydrogen-bond acceptors (Lipinski definition) is 4. The highest BCUT2D eigenvalue weighted by Crippen LogP contribution is 1.92. The summed E-state index contributed by atoms with van der Waals surface area (Å²) in [5.74, 6) is -1.16. The average Bonchev–Trinajstić information content (AvgIpc) is 2.35. The van der Waals surface area contributed by atoms with E-state index in [1.54, 1.807) is 0 Å². The van der Waals surface area contributed by atoms with E-state index >= 15 is 0 Å². The fourth-order valence-electron chi connectivity index (χ4n) is 0.303. The van der Waals surface area contributed by atoms with Crippen molar-refractivity contribution in [2.45, 2.75) is 19.9 Å². The van der Waals surface area contributed by atoms with E-state index in [1.807, 2.05) is 0 Å². The Balaban J connectivity index is 0.000000226. The second kappa shape index (κ2) is 5.48. The van der Waals surface area contributed by atoms with Crippen LogP contribution in [0.3, 0.4) is 0 Å². The van der Waals surface area contributed by atoms with Gasteiger partial charge in [-0.05, 0) is 27.9 Å². The van der Waals surface area contributed by atoms with E-state index in [2.05, 4.69) is 37.6 Å². The second-order valence-corrected chi connectivity index (χ2v) is 3.13. The first-order chi connectivity index (χ1) is 5.93. The molecule has 4 nitrogen and oxygen atoms in total. The van der Waals surface area contributed by atoms with Gasteiger partial charge in [-0.1, -0.05) is 0 Å². The Morgan fingerprint density at radius 3 is 1.54 bits per heavy atom. The van der Waals surface area contributed by atoms with Gasteiger partial charge in [0.25, 0.3) is 0 Å². The molecule has 0 spiro atoms. The van der Waals surface area contributed by atoms with E-state index in [4.69, 9.17) is 0 Å². The number of carbonyl (C=O) groups excluding carboxylic acids is 2. The lowest BCUT2D eigenvalue weighted by atomic mass is 10.4. The monoisotopic (exact) mass is 185 g/mol. The molecule has 1 aliphatic heterocycles. The summed E-state index contributed by atoms with van der Waals surface area (Å²) in [5.41, 5.74) is 0. The molecule has 0 aromatic heterocycles. The molecule has 0 aromatic rings. The Bertz CT molecular complexity index is 197. The molecule has 0 saturated heterocycles. The van der Waals surface area contributed by atoms with Crippen LogP contribution in [-0.4, -0.2) is 37.0 Å². The van der Waals surface area contributed by atoms with E-state index in [1.165, 1.54) is 0 Å². The van der Waals surface area contributed by atoms with Crippen molar-refractivity contribution in [3.8, 4) is 0 Å². The SMILES string of the molecule is CC(C)N(C)C.O=C1C=CC(=O)O1. The fraction of sp³-hybridized carbons (Fsp3) is 0.556. The molecule has 0 saturated carbocycles. The summed E-state index contributed by atoms with van der Waals surface area (Å²) in [7, 11) is 4.15. The molecule has 74 valence electrons. The van der Waals surface area contributed by atoms with Crippen molar-refractivity contribution in [3.05, 3.63) is 12.2 Å². The van der Waals surface area contributed by atoms with Gasteiger partial charge in [0.15, 0.2) is 0 Å². The normalized spacial score (nSPS) is 14.6. The largest absolute Gasteiger partial charge is 0.387 e. The average molecular weight is 185 g/mol. The molecule has 0 fully saturated rings. The maximum absolute atomic E-state index is 9.92. The highest BCUT2D eigenvalue weighted by Gasteiger charge is 2.10. The summed E-state index contributed by atoms with van der Waals surface area (Å²) in [6, 6.07) is 0.685. The minimum atomic E-state index is -0.579. The van der Waals surface area contributed by atoms with Crippen LogP contribution in [0.2, 0.25) is 0 Å². The molecule has 0 amide bonds. The Morgan fingerprint density at radius 1 is 1.15 bits per heavy atom. The predicted molar refractivity (Wildman–Crippen MR) is 49.1 cm³/mol. The number of esters is 2. The molecule has 0 aliphatic carbocycles. The van der Waals surface area contributed by atoms with Crippen molar-refractivity contribution in [2.24, 2.45) is 0 Å². The molecule has 1 rings (SSSR count). The van der Waals surface area contributed by atoms with Gasteiger partial charge < -0.3 is 9.64 Å². The van der Waals surface area contributed by atoms with Crippen LogP contribution in [0.5, 0.6) is 0 Å². The lowest BCUT2D eigenvalue weighted by Gasteiger charge is -2.12. The van der Waals surface area contributed by atoms with Gasteiger partial charge in [-0.2, -0.15) is 0 Å². The number of cyclic esters (lactones) is 2. The van der Waals surface area contributed by atoms with E-state index in [-0.39, 0.29) is 0 Å². The molecule has 13 heavy (non-hydrogen) atoms. The Kier molecular flexibility index (Phi) is 4.99. The van der Waals surface area contributed by atoms with Crippen LogP contribution in [0.15, 0.2) is 12.2 Å². The number of carbonyl (C=O) groups is 2. The molecule has 0 atom stereocenters. The first-order valence-electron chi connectivity index (χ1n) is 4.03. The Morgan fingerprint density at radius 2 is 1.46 bits per heavy atom. The summed E-state index contributed by atoms with van der Waals surface area (Å²) in [5, 5.41) is 0. The smallest absolute Gasteiger partial charge is 0.338 e. The van der Waals surface area contributed by atoms with Gasteiger partial charge in [0.05, 0.1) is 0 Å². The van der Waals surface area contributed by atoms with Crippen LogP contribution >= 0.6 is 0 Å². The quantitative estimate of drug-likeness (QED) is 0.443. The van der Waals surface area contributed by atoms with Crippen LogP contribution < -0.4 is 0 Å². The van der Waals surface area contributed by atoms with Crippen molar-refractivity contribution in [3.63, 3.8) is 0 Å². The van der Waals surface area contributed by atoms with Crippen LogP contribution in [0.25, 0.3) is 0 Å². The van der Waals surface area contributed by atoms with Crippen molar-refractivity contribution in [1.29, 1.82) is 0 Å². The zero-order chi connectivity index (χ0) is 10.4. The topological polar surface area (TPSA) is 46.6 Å². The second-order valence-electron chi connectivity index (χ2n) is 3.13. The van der Waals surface area contributed by atoms with E-state index in [9.17, 15) is 9.59 Å².